The summed E-state index contributed by atoms with van der Waals surface area (Å²) in [4.78, 5) is 30.0. The molecular formula is C12H15N6O6P. The second-order valence-electron chi connectivity index (χ2n) is 3.83. The van der Waals surface area contributed by atoms with Crippen LogP contribution in [0.4, 0.5) is 0 Å². The van der Waals surface area contributed by atoms with Gasteiger partial charge in [0.2, 0.25) is 0 Å². The van der Waals surface area contributed by atoms with E-state index in [4.69, 9.17) is 15.3 Å². The van der Waals surface area contributed by atoms with Crippen molar-refractivity contribution >= 4 is 27.8 Å². The Morgan fingerprint density at radius 3 is 0.960 bits per heavy atom. The number of rotatable bonds is 3. The molecule has 3 aromatic rings. The van der Waals surface area contributed by atoms with Crippen LogP contribution in [0.3, 0.4) is 0 Å². The van der Waals surface area contributed by atoms with E-state index in [0.29, 0.717) is 0 Å². The summed E-state index contributed by atoms with van der Waals surface area (Å²) in [6, 6.07) is 4.17. The number of hydrogen-bond acceptors (Lipinski definition) is 6. The minimum atomic E-state index is -0.984. The van der Waals surface area contributed by atoms with Crippen LogP contribution in [0.15, 0.2) is 36.8 Å². The maximum Gasteiger partial charge on any atom is 0.353 e. The van der Waals surface area contributed by atoms with Gasteiger partial charge in [0.15, 0.2) is 0 Å². The fraction of sp³-hybridized carbons (Fsp3) is 0. The highest BCUT2D eigenvalue weighted by atomic mass is 31.0. The number of carboxylic acid groups (broad SMARTS) is 3. The Balaban J connectivity index is 0.000000339. The predicted molar refractivity (Wildman–Crippen MR) is 87.7 cm³/mol. The molecule has 0 radical (unpaired) electrons. The van der Waals surface area contributed by atoms with Crippen LogP contribution in [0.2, 0.25) is 0 Å². The van der Waals surface area contributed by atoms with Gasteiger partial charge in [-0.25, -0.2) is 14.4 Å². The normalized spacial score (nSPS) is 8.64. The summed E-state index contributed by atoms with van der Waals surface area (Å²) < 4.78 is 0. The van der Waals surface area contributed by atoms with E-state index >= 15 is 0 Å². The Labute approximate surface area is 142 Å². The van der Waals surface area contributed by atoms with E-state index in [1.807, 2.05) is 0 Å². The molecule has 6 N–H and O–H groups in total. The Kier molecular flexibility index (Phi) is 9.51. The first-order chi connectivity index (χ1) is 11.4. The quantitative estimate of drug-likeness (QED) is 0.353. The lowest BCUT2D eigenvalue weighted by Crippen LogP contribution is -1.95. The van der Waals surface area contributed by atoms with Gasteiger partial charge < -0.3 is 15.3 Å². The van der Waals surface area contributed by atoms with Crippen molar-refractivity contribution in [2.24, 2.45) is 0 Å². The molecule has 1 atom stereocenters. The van der Waals surface area contributed by atoms with Gasteiger partial charge in [-0.3, -0.25) is 15.3 Å². The van der Waals surface area contributed by atoms with Crippen molar-refractivity contribution in [1.29, 1.82) is 0 Å². The first-order valence-electron chi connectivity index (χ1n) is 6.09. The van der Waals surface area contributed by atoms with E-state index in [9.17, 15) is 14.4 Å². The molecule has 3 rings (SSSR count). The van der Waals surface area contributed by atoms with E-state index in [1.54, 1.807) is 0 Å². The molecule has 0 saturated heterocycles. The van der Waals surface area contributed by atoms with Crippen molar-refractivity contribution in [3.8, 4) is 0 Å². The third kappa shape index (κ3) is 8.04. The topological polar surface area (TPSA) is 198 Å². The summed E-state index contributed by atoms with van der Waals surface area (Å²) in [5, 5.41) is 41.8. The fourth-order valence-corrected chi connectivity index (χ4v) is 1.12. The maximum absolute atomic E-state index is 9.99. The zero-order valence-electron chi connectivity index (χ0n) is 12.6. The zero-order chi connectivity index (χ0) is 17.9. The molecule has 12 nitrogen and oxygen atoms in total. The number of carboxylic acids is 3. The van der Waals surface area contributed by atoms with Crippen LogP contribution < -0.4 is 0 Å². The van der Waals surface area contributed by atoms with Gasteiger partial charge in [0, 0.05) is 18.6 Å². The monoisotopic (exact) mass is 370 g/mol. The first kappa shape index (κ1) is 21.5. The van der Waals surface area contributed by atoms with Crippen molar-refractivity contribution in [3.63, 3.8) is 0 Å². The van der Waals surface area contributed by atoms with Crippen LogP contribution >= 0.6 is 9.90 Å². The fourth-order valence-electron chi connectivity index (χ4n) is 1.12. The lowest BCUT2D eigenvalue weighted by atomic mass is 10.5. The molecule has 134 valence electrons. The largest absolute Gasteiger partial charge is 0.477 e. The average molecular weight is 370 g/mol. The molecule has 13 heteroatoms. The molecule has 0 aliphatic heterocycles. The van der Waals surface area contributed by atoms with Crippen molar-refractivity contribution < 1.29 is 29.7 Å². The molecule has 1 unspecified atom stereocenters. The van der Waals surface area contributed by atoms with E-state index in [0.717, 1.165) is 0 Å². The van der Waals surface area contributed by atoms with Crippen molar-refractivity contribution in [1.82, 2.24) is 30.6 Å². The molecule has 0 fully saturated rings. The summed E-state index contributed by atoms with van der Waals surface area (Å²) >= 11 is 0. The summed E-state index contributed by atoms with van der Waals surface area (Å²) in [5.74, 6) is -2.95. The van der Waals surface area contributed by atoms with Crippen LogP contribution in [-0.2, 0) is 0 Å². The molecule has 0 bridgehead atoms. The smallest absolute Gasteiger partial charge is 0.353 e. The number of aromatic amines is 3. The van der Waals surface area contributed by atoms with Crippen LogP contribution in [0, 0.1) is 0 Å². The third-order valence-corrected chi connectivity index (χ3v) is 2.19. The molecule has 3 aromatic heterocycles. The zero-order valence-corrected chi connectivity index (χ0v) is 14.0. The molecule has 25 heavy (non-hydrogen) atoms. The third-order valence-electron chi connectivity index (χ3n) is 2.19. The van der Waals surface area contributed by atoms with Crippen molar-refractivity contribution in [3.05, 3.63) is 53.9 Å². The number of carbonyl (C=O) groups is 3. The van der Waals surface area contributed by atoms with Crippen molar-refractivity contribution in [2.45, 2.75) is 0 Å². The van der Waals surface area contributed by atoms with Gasteiger partial charge in [-0.15, -0.1) is 0 Å². The highest BCUT2D eigenvalue weighted by molar-refractivity contribution is 6.92. The average Bonchev–Trinajstić information content (AvgIpc) is 3.29. The number of H-pyrrole nitrogens is 3. The molecule has 0 spiro atoms. The number of aromatic carboxylic acids is 3. The lowest BCUT2D eigenvalue weighted by Gasteiger charge is -1.79. The Morgan fingerprint density at radius 1 is 0.640 bits per heavy atom. The van der Waals surface area contributed by atoms with Gasteiger partial charge in [0.05, 0.1) is 0 Å². The molecule has 0 aliphatic carbocycles. The molecule has 0 amide bonds. The van der Waals surface area contributed by atoms with E-state index < -0.39 is 17.9 Å². The van der Waals surface area contributed by atoms with E-state index in [-0.39, 0.29) is 27.0 Å². The molecular weight excluding hydrogens is 355 g/mol. The maximum atomic E-state index is 9.99. The highest BCUT2D eigenvalue weighted by Gasteiger charge is 2.00. The van der Waals surface area contributed by atoms with E-state index in [2.05, 4.69) is 30.6 Å². The first-order valence-corrected chi connectivity index (χ1v) is 6.09. The SMILES string of the molecule is O=C(O)c1ccn[nH]1.O=C(O)c1ccn[nH]1.O=C(O)c1ccn[nH]1.P. The predicted octanol–water partition coefficient (Wildman–Crippen LogP) is 0.382. The summed E-state index contributed by atoms with van der Waals surface area (Å²) in [5.41, 5.74) is 0.347. The number of nitrogens with zero attached hydrogens (tertiary/aromatic N) is 3. The van der Waals surface area contributed by atoms with E-state index in [1.165, 1.54) is 36.8 Å². The van der Waals surface area contributed by atoms with Gasteiger partial charge in [0.25, 0.3) is 0 Å². The Bertz CT molecular complexity index is 651. The molecule has 3 heterocycles. The Hall–Kier alpha value is -3.53. The minimum Gasteiger partial charge on any atom is -0.477 e. The standard InChI is InChI=1S/3C4H4N2O2.H3P/c3*7-4(8)3-1-2-5-6-3;/h3*1-2H,(H,5,6)(H,7,8);1H3. The van der Waals surface area contributed by atoms with Gasteiger partial charge in [-0.2, -0.15) is 25.2 Å². The number of aromatic nitrogens is 6. The lowest BCUT2D eigenvalue weighted by molar-refractivity contribution is 0.0679. The molecule has 0 aromatic carbocycles. The molecule has 0 saturated carbocycles. The van der Waals surface area contributed by atoms with Crippen LogP contribution in [0.25, 0.3) is 0 Å². The van der Waals surface area contributed by atoms with Crippen LogP contribution in [-0.4, -0.2) is 63.8 Å². The van der Waals surface area contributed by atoms with Gasteiger partial charge in [-0.05, 0) is 18.2 Å². The van der Waals surface area contributed by atoms with Gasteiger partial charge in [0.1, 0.15) is 17.1 Å². The van der Waals surface area contributed by atoms with Gasteiger partial charge >= 0.3 is 17.9 Å². The second kappa shape index (κ2) is 11.1. The van der Waals surface area contributed by atoms with Crippen molar-refractivity contribution in [2.75, 3.05) is 0 Å². The summed E-state index contributed by atoms with van der Waals surface area (Å²) in [6.45, 7) is 0. The Morgan fingerprint density at radius 2 is 0.880 bits per heavy atom. The second-order valence-corrected chi connectivity index (χ2v) is 3.83. The van der Waals surface area contributed by atoms with Gasteiger partial charge in [-0.1, -0.05) is 0 Å². The molecule has 0 aliphatic rings. The van der Waals surface area contributed by atoms with Crippen LogP contribution in [0.5, 0.6) is 0 Å². The number of hydrogen-bond donors (Lipinski definition) is 6. The highest BCUT2D eigenvalue weighted by Crippen LogP contribution is 1.89. The number of nitrogens with one attached hydrogen (secondary N) is 3. The summed E-state index contributed by atoms with van der Waals surface area (Å²) in [7, 11) is 0. The van der Waals surface area contributed by atoms with Crippen LogP contribution in [0.1, 0.15) is 31.5 Å². The summed E-state index contributed by atoms with van der Waals surface area (Å²) in [6.07, 6.45) is 4.18. The minimum absolute atomic E-state index is 0.